The molecule has 3 rings (SSSR count). The Morgan fingerprint density at radius 2 is 1.69 bits per heavy atom. The minimum atomic E-state index is -0.591. The molecule has 0 aromatic heterocycles. The summed E-state index contributed by atoms with van der Waals surface area (Å²) in [7, 11) is 3.05. The van der Waals surface area contributed by atoms with Crippen LogP contribution in [-0.2, 0) is 27.2 Å². The molecule has 0 unspecified atom stereocenters. The Bertz CT molecular complexity index is 643. The third kappa shape index (κ3) is 3.48. The van der Waals surface area contributed by atoms with Gasteiger partial charge in [-0.1, -0.05) is 31.2 Å². The molecule has 2 aliphatic rings. The van der Waals surface area contributed by atoms with Gasteiger partial charge >= 0.3 is 5.97 Å². The molecular formula is C20H29N3O3. The van der Waals surface area contributed by atoms with Crippen LogP contribution in [0.2, 0.25) is 0 Å². The van der Waals surface area contributed by atoms with Crippen LogP contribution in [-0.4, -0.2) is 85.5 Å². The first-order chi connectivity index (χ1) is 12.5. The molecular weight excluding hydrogens is 330 g/mol. The van der Waals surface area contributed by atoms with Crippen LogP contribution in [0.1, 0.15) is 18.1 Å². The lowest BCUT2D eigenvalue weighted by molar-refractivity contribution is -0.152. The van der Waals surface area contributed by atoms with Crippen molar-refractivity contribution in [2.75, 3.05) is 53.4 Å². The van der Waals surface area contributed by atoms with Gasteiger partial charge in [-0.3, -0.25) is 14.5 Å². The van der Waals surface area contributed by atoms with Crippen molar-refractivity contribution < 1.29 is 14.3 Å². The molecule has 142 valence electrons. The quantitative estimate of drug-likeness (QED) is 0.728. The number of methoxy groups -OCH3 is 1. The Morgan fingerprint density at radius 1 is 1.12 bits per heavy atom. The van der Waals surface area contributed by atoms with Crippen LogP contribution in [0.25, 0.3) is 0 Å². The summed E-state index contributed by atoms with van der Waals surface area (Å²) in [6.07, 6.45) is 1.42. The zero-order valence-electron chi connectivity index (χ0n) is 16.0. The van der Waals surface area contributed by atoms with Gasteiger partial charge < -0.3 is 14.5 Å². The molecule has 1 heterocycles. The molecule has 1 aromatic rings. The highest BCUT2D eigenvalue weighted by atomic mass is 16.5. The second kappa shape index (κ2) is 7.76. The molecule has 6 nitrogen and oxygen atoms in total. The lowest BCUT2D eigenvalue weighted by Gasteiger charge is -2.46. The molecule has 1 saturated heterocycles. The predicted molar refractivity (Wildman–Crippen MR) is 99.9 cm³/mol. The maximum absolute atomic E-state index is 13.5. The van der Waals surface area contributed by atoms with Crippen molar-refractivity contribution in [1.82, 2.24) is 14.7 Å². The van der Waals surface area contributed by atoms with Crippen molar-refractivity contribution in [1.29, 1.82) is 0 Å². The largest absolute Gasteiger partial charge is 0.468 e. The number of hydrogen-bond acceptors (Lipinski definition) is 5. The number of piperazine rings is 1. The van der Waals surface area contributed by atoms with Gasteiger partial charge in [0.2, 0.25) is 5.91 Å². The maximum atomic E-state index is 13.5. The summed E-state index contributed by atoms with van der Waals surface area (Å²) >= 11 is 0. The third-order valence-corrected chi connectivity index (χ3v) is 5.85. The van der Waals surface area contributed by atoms with E-state index in [1.165, 1.54) is 23.1 Å². The van der Waals surface area contributed by atoms with Gasteiger partial charge in [-0.05, 0) is 17.7 Å². The number of amides is 1. The van der Waals surface area contributed by atoms with Gasteiger partial charge in [0.1, 0.15) is 12.1 Å². The fraction of sp³-hybridized carbons (Fsp3) is 0.600. The standard InChI is InChI=1S/C20H29N3O3/c1-4-22-9-11-23(12-10-22)20(19(25)21(2)15-18(24)26-3)13-16-7-5-6-8-17(16)14-20/h5-8H,4,9-15H2,1-3H3. The summed E-state index contributed by atoms with van der Waals surface area (Å²) in [6.45, 7) is 6.90. The molecule has 1 aliphatic heterocycles. The molecule has 6 heteroatoms. The molecule has 0 radical (unpaired) electrons. The second-order valence-electron chi connectivity index (χ2n) is 7.31. The van der Waals surface area contributed by atoms with E-state index in [-0.39, 0.29) is 18.4 Å². The highest BCUT2D eigenvalue weighted by molar-refractivity contribution is 5.90. The van der Waals surface area contributed by atoms with Gasteiger partial charge in [0.25, 0.3) is 0 Å². The second-order valence-corrected chi connectivity index (χ2v) is 7.31. The Hall–Kier alpha value is -1.92. The Balaban J connectivity index is 1.86. The van der Waals surface area contributed by atoms with Crippen molar-refractivity contribution in [2.24, 2.45) is 0 Å². The summed E-state index contributed by atoms with van der Waals surface area (Å²) in [5.74, 6) is -0.369. The zero-order valence-corrected chi connectivity index (χ0v) is 16.0. The van der Waals surface area contributed by atoms with Crippen LogP contribution in [0, 0.1) is 0 Å². The minimum Gasteiger partial charge on any atom is -0.468 e. The smallest absolute Gasteiger partial charge is 0.325 e. The molecule has 0 N–H and O–H groups in total. The topological polar surface area (TPSA) is 53.1 Å². The molecule has 1 aromatic carbocycles. The fourth-order valence-electron chi connectivity index (χ4n) is 4.28. The normalized spacial score (nSPS) is 19.8. The number of carbonyl (C=O) groups is 2. The number of nitrogens with zero attached hydrogens (tertiary/aromatic N) is 3. The van der Waals surface area contributed by atoms with Crippen LogP contribution in [0.4, 0.5) is 0 Å². The van der Waals surface area contributed by atoms with Crippen LogP contribution >= 0.6 is 0 Å². The number of rotatable bonds is 5. The van der Waals surface area contributed by atoms with Crippen molar-refractivity contribution >= 4 is 11.9 Å². The van der Waals surface area contributed by atoms with E-state index in [2.05, 4.69) is 28.9 Å². The summed E-state index contributed by atoms with van der Waals surface area (Å²) in [6, 6.07) is 8.30. The van der Waals surface area contributed by atoms with E-state index in [1.54, 1.807) is 7.05 Å². The average Bonchev–Trinajstić information content (AvgIpc) is 3.07. The Labute approximate surface area is 155 Å². The van der Waals surface area contributed by atoms with Crippen molar-refractivity contribution in [3.05, 3.63) is 35.4 Å². The van der Waals surface area contributed by atoms with E-state index >= 15 is 0 Å². The number of esters is 1. The Morgan fingerprint density at radius 3 is 2.19 bits per heavy atom. The monoisotopic (exact) mass is 359 g/mol. The predicted octanol–water partition coefficient (Wildman–Crippen LogP) is 0.793. The molecule has 26 heavy (non-hydrogen) atoms. The molecule has 0 bridgehead atoms. The van der Waals surface area contributed by atoms with E-state index in [0.29, 0.717) is 12.8 Å². The number of likely N-dealkylation sites (N-methyl/N-ethyl adjacent to an activating group) is 2. The minimum absolute atomic E-state index is 0.0116. The lowest BCUT2D eigenvalue weighted by Crippen LogP contribution is -2.64. The van der Waals surface area contributed by atoms with Crippen molar-refractivity contribution in [3.63, 3.8) is 0 Å². The maximum Gasteiger partial charge on any atom is 0.325 e. The van der Waals surface area contributed by atoms with Crippen molar-refractivity contribution in [3.8, 4) is 0 Å². The van der Waals surface area contributed by atoms with Gasteiger partial charge in [-0.15, -0.1) is 0 Å². The van der Waals surface area contributed by atoms with E-state index in [4.69, 9.17) is 4.74 Å². The molecule has 0 atom stereocenters. The summed E-state index contributed by atoms with van der Waals surface area (Å²) in [5.41, 5.74) is 1.89. The first-order valence-electron chi connectivity index (χ1n) is 9.36. The summed E-state index contributed by atoms with van der Waals surface area (Å²) in [4.78, 5) is 31.5. The zero-order chi connectivity index (χ0) is 18.7. The van der Waals surface area contributed by atoms with E-state index in [0.717, 1.165) is 32.7 Å². The average molecular weight is 359 g/mol. The van der Waals surface area contributed by atoms with Gasteiger partial charge in [0, 0.05) is 46.1 Å². The van der Waals surface area contributed by atoms with Crippen LogP contribution in [0.3, 0.4) is 0 Å². The van der Waals surface area contributed by atoms with Gasteiger partial charge in [-0.2, -0.15) is 0 Å². The highest BCUT2D eigenvalue weighted by Crippen LogP contribution is 2.36. The van der Waals surface area contributed by atoms with Gasteiger partial charge in [0.05, 0.1) is 7.11 Å². The first-order valence-corrected chi connectivity index (χ1v) is 9.36. The van der Waals surface area contributed by atoms with Crippen molar-refractivity contribution in [2.45, 2.75) is 25.3 Å². The van der Waals surface area contributed by atoms with Crippen LogP contribution in [0.5, 0.6) is 0 Å². The molecule has 0 saturated carbocycles. The van der Waals surface area contributed by atoms with Gasteiger partial charge in [-0.25, -0.2) is 0 Å². The highest BCUT2D eigenvalue weighted by Gasteiger charge is 2.50. The molecule has 0 spiro atoms. The van der Waals surface area contributed by atoms with Crippen LogP contribution in [0.15, 0.2) is 24.3 Å². The first kappa shape index (κ1) is 18.9. The third-order valence-electron chi connectivity index (χ3n) is 5.85. The molecule has 1 amide bonds. The lowest BCUT2D eigenvalue weighted by atomic mass is 9.90. The van der Waals surface area contributed by atoms with E-state index in [1.807, 2.05) is 12.1 Å². The molecule has 1 aliphatic carbocycles. The van der Waals surface area contributed by atoms with E-state index in [9.17, 15) is 9.59 Å². The summed E-state index contributed by atoms with van der Waals surface area (Å²) in [5, 5.41) is 0. The number of ether oxygens (including phenoxy) is 1. The van der Waals surface area contributed by atoms with Crippen LogP contribution < -0.4 is 0 Å². The molecule has 1 fully saturated rings. The van der Waals surface area contributed by atoms with E-state index < -0.39 is 5.54 Å². The Kier molecular flexibility index (Phi) is 5.63. The number of benzene rings is 1. The number of carbonyl (C=O) groups excluding carboxylic acids is 2. The fourth-order valence-corrected chi connectivity index (χ4v) is 4.28. The number of hydrogen-bond donors (Lipinski definition) is 0. The number of fused-ring (bicyclic) bond motifs is 1. The summed E-state index contributed by atoms with van der Waals surface area (Å²) < 4.78 is 4.75. The van der Waals surface area contributed by atoms with Gasteiger partial charge in [0.15, 0.2) is 0 Å². The SMILES string of the molecule is CCN1CCN(C2(C(=O)N(C)CC(=O)OC)Cc3ccccc3C2)CC1.